The van der Waals surface area contributed by atoms with Crippen molar-refractivity contribution >= 4 is 27.3 Å². The third-order valence-corrected chi connectivity index (χ3v) is 5.64. The van der Waals surface area contributed by atoms with Crippen molar-refractivity contribution in [3.8, 4) is 10.4 Å². The van der Waals surface area contributed by atoms with Gasteiger partial charge in [-0.2, -0.15) is 0 Å². The Balaban J connectivity index is 1.84. The van der Waals surface area contributed by atoms with Gasteiger partial charge in [0.1, 0.15) is 0 Å². The number of aryl methyl sites for hydroxylation is 1. The van der Waals surface area contributed by atoms with Crippen LogP contribution in [0.1, 0.15) is 42.7 Å². The molecule has 1 nitrogen and oxygen atoms in total. The first-order valence-electron chi connectivity index (χ1n) is 7.78. The van der Waals surface area contributed by atoms with E-state index >= 15 is 0 Å². The lowest BCUT2D eigenvalue weighted by molar-refractivity contribution is 0.488. The van der Waals surface area contributed by atoms with Gasteiger partial charge in [-0.1, -0.05) is 28.9 Å². The molecule has 1 aromatic carbocycles. The lowest BCUT2D eigenvalue weighted by Gasteiger charge is -2.16. The fourth-order valence-electron chi connectivity index (χ4n) is 2.78. The summed E-state index contributed by atoms with van der Waals surface area (Å²) >= 11 is 5.55. The van der Waals surface area contributed by atoms with Crippen molar-refractivity contribution in [1.29, 1.82) is 0 Å². The van der Waals surface area contributed by atoms with Crippen LogP contribution in [-0.2, 0) is 0 Å². The van der Waals surface area contributed by atoms with Gasteiger partial charge in [-0.25, -0.2) is 0 Å². The average Bonchev–Trinajstić information content (AvgIpc) is 3.15. The van der Waals surface area contributed by atoms with Gasteiger partial charge < -0.3 is 5.32 Å². The first-order valence-corrected chi connectivity index (χ1v) is 9.39. The molecule has 1 aliphatic rings. The predicted molar refractivity (Wildman–Crippen MR) is 96.0 cm³/mol. The normalized spacial score (nSPS) is 16.1. The van der Waals surface area contributed by atoms with Gasteiger partial charge in [0.15, 0.2) is 0 Å². The Kier molecular flexibility index (Phi) is 4.82. The molecule has 1 saturated carbocycles. The van der Waals surface area contributed by atoms with Crippen LogP contribution in [0.5, 0.6) is 0 Å². The fourth-order valence-corrected chi connectivity index (χ4v) is 4.55. The Morgan fingerprint density at radius 3 is 2.76 bits per heavy atom. The van der Waals surface area contributed by atoms with Crippen LogP contribution >= 0.6 is 27.3 Å². The molecule has 112 valence electrons. The highest BCUT2D eigenvalue weighted by Gasteiger charge is 2.32. The molecule has 1 fully saturated rings. The molecule has 21 heavy (non-hydrogen) atoms. The number of benzene rings is 1. The molecule has 1 aliphatic carbocycles. The first kappa shape index (κ1) is 15.3. The van der Waals surface area contributed by atoms with Crippen molar-refractivity contribution in [3.63, 3.8) is 0 Å². The molecule has 1 heterocycles. The minimum atomic E-state index is 0.567. The standard InChI is InChI=1S/C18H22BrNS/c1-3-8-20-18(13-4-5-13)17-7-6-16(21-17)14-9-12(2)10-15(19)11-14/h6-7,9-11,13,18,20H,3-5,8H2,1-2H3. The Bertz CT molecular complexity index is 595. The summed E-state index contributed by atoms with van der Waals surface area (Å²) in [5.74, 6) is 0.854. The van der Waals surface area contributed by atoms with Crippen LogP contribution in [0, 0.1) is 12.8 Å². The molecule has 1 atom stereocenters. The molecular weight excluding hydrogens is 342 g/mol. The van der Waals surface area contributed by atoms with Gasteiger partial charge in [0, 0.05) is 20.3 Å². The summed E-state index contributed by atoms with van der Waals surface area (Å²) < 4.78 is 1.16. The lowest BCUT2D eigenvalue weighted by Crippen LogP contribution is -2.22. The maximum absolute atomic E-state index is 3.74. The van der Waals surface area contributed by atoms with Gasteiger partial charge in [-0.05, 0) is 74.0 Å². The zero-order valence-corrected chi connectivity index (χ0v) is 15.1. The van der Waals surface area contributed by atoms with Crippen molar-refractivity contribution in [1.82, 2.24) is 5.32 Å². The number of thiophene rings is 1. The van der Waals surface area contributed by atoms with E-state index in [0.717, 1.165) is 16.9 Å². The van der Waals surface area contributed by atoms with Crippen LogP contribution in [0.25, 0.3) is 10.4 Å². The second kappa shape index (κ2) is 6.64. The quantitative estimate of drug-likeness (QED) is 0.669. The number of rotatable bonds is 6. The zero-order chi connectivity index (χ0) is 14.8. The second-order valence-corrected chi connectivity index (χ2v) is 8.02. The molecule has 1 N–H and O–H groups in total. The molecule has 1 aromatic heterocycles. The van der Waals surface area contributed by atoms with E-state index in [1.54, 1.807) is 0 Å². The Hall–Kier alpha value is -0.640. The van der Waals surface area contributed by atoms with E-state index in [4.69, 9.17) is 0 Å². The topological polar surface area (TPSA) is 12.0 Å². The Morgan fingerprint density at radius 1 is 1.29 bits per heavy atom. The monoisotopic (exact) mass is 363 g/mol. The summed E-state index contributed by atoms with van der Waals surface area (Å²) in [6.07, 6.45) is 3.96. The largest absolute Gasteiger partial charge is 0.309 e. The van der Waals surface area contributed by atoms with Crippen molar-refractivity contribution in [2.24, 2.45) is 5.92 Å². The average molecular weight is 364 g/mol. The summed E-state index contributed by atoms with van der Waals surface area (Å²) in [6.45, 7) is 5.50. The number of hydrogen-bond acceptors (Lipinski definition) is 2. The van der Waals surface area contributed by atoms with E-state index < -0.39 is 0 Å². The molecule has 0 amide bonds. The molecule has 0 radical (unpaired) electrons. The summed E-state index contributed by atoms with van der Waals surface area (Å²) in [6, 6.07) is 11.8. The second-order valence-electron chi connectivity index (χ2n) is 5.99. The highest BCUT2D eigenvalue weighted by molar-refractivity contribution is 9.10. The van der Waals surface area contributed by atoms with Crippen LogP contribution in [0.3, 0.4) is 0 Å². The molecule has 3 heteroatoms. The van der Waals surface area contributed by atoms with E-state index in [1.165, 1.54) is 40.1 Å². The van der Waals surface area contributed by atoms with Crippen LogP contribution in [0.2, 0.25) is 0 Å². The summed E-state index contributed by atoms with van der Waals surface area (Å²) in [5, 5.41) is 3.74. The van der Waals surface area contributed by atoms with E-state index in [9.17, 15) is 0 Å². The van der Waals surface area contributed by atoms with Gasteiger partial charge in [0.25, 0.3) is 0 Å². The summed E-state index contributed by atoms with van der Waals surface area (Å²) in [7, 11) is 0. The number of halogens is 1. The number of nitrogens with one attached hydrogen (secondary N) is 1. The third-order valence-electron chi connectivity index (χ3n) is 3.97. The molecule has 0 spiro atoms. The predicted octanol–water partition coefficient (Wildman–Crippen LogP) is 5.94. The molecule has 2 aromatic rings. The maximum atomic E-state index is 3.74. The van der Waals surface area contributed by atoms with Crippen molar-refractivity contribution in [2.75, 3.05) is 6.54 Å². The molecule has 3 rings (SSSR count). The number of hydrogen-bond donors (Lipinski definition) is 1. The van der Waals surface area contributed by atoms with E-state index in [1.807, 2.05) is 11.3 Å². The van der Waals surface area contributed by atoms with Crippen molar-refractivity contribution < 1.29 is 0 Å². The van der Waals surface area contributed by atoms with Gasteiger partial charge >= 0.3 is 0 Å². The van der Waals surface area contributed by atoms with Gasteiger partial charge in [-0.15, -0.1) is 11.3 Å². The molecule has 1 unspecified atom stereocenters. The van der Waals surface area contributed by atoms with E-state index in [-0.39, 0.29) is 0 Å². The van der Waals surface area contributed by atoms with Gasteiger partial charge in [0.2, 0.25) is 0 Å². The van der Waals surface area contributed by atoms with Crippen molar-refractivity contribution in [2.45, 2.75) is 39.2 Å². The van der Waals surface area contributed by atoms with Crippen LogP contribution in [0.15, 0.2) is 34.8 Å². The summed E-state index contributed by atoms with van der Waals surface area (Å²) in [4.78, 5) is 2.87. The first-order chi connectivity index (χ1) is 10.2. The summed E-state index contributed by atoms with van der Waals surface area (Å²) in [5.41, 5.74) is 2.63. The maximum Gasteiger partial charge on any atom is 0.0443 e. The molecule has 0 saturated heterocycles. The van der Waals surface area contributed by atoms with Gasteiger partial charge in [-0.3, -0.25) is 0 Å². The van der Waals surface area contributed by atoms with Crippen LogP contribution in [0.4, 0.5) is 0 Å². The SMILES string of the molecule is CCCNC(c1ccc(-c2cc(C)cc(Br)c2)s1)C1CC1. The van der Waals surface area contributed by atoms with Crippen LogP contribution in [-0.4, -0.2) is 6.54 Å². The smallest absolute Gasteiger partial charge is 0.0443 e. The Morgan fingerprint density at radius 2 is 2.10 bits per heavy atom. The third kappa shape index (κ3) is 3.77. The fraction of sp³-hybridized carbons (Fsp3) is 0.444. The minimum Gasteiger partial charge on any atom is -0.309 e. The van der Waals surface area contributed by atoms with Crippen LogP contribution < -0.4 is 5.32 Å². The van der Waals surface area contributed by atoms with Crippen molar-refractivity contribution in [3.05, 3.63) is 45.2 Å². The molecule has 0 aliphatic heterocycles. The van der Waals surface area contributed by atoms with E-state index in [0.29, 0.717) is 6.04 Å². The highest BCUT2D eigenvalue weighted by atomic mass is 79.9. The molecular formula is C18H22BrNS. The molecule has 0 bridgehead atoms. The highest BCUT2D eigenvalue weighted by Crippen LogP contribution is 2.44. The lowest BCUT2D eigenvalue weighted by atomic mass is 10.1. The minimum absolute atomic E-state index is 0.567. The Labute approximate surface area is 139 Å². The van der Waals surface area contributed by atoms with E-state index in [2.05, 4.69) is 65.4 Å². The zero-order valence-electron chi connectivity index (χ0n) is 12.7. The van der Waals surface area contributed by atoms with Gasteiger partial charge in [0.05, 0.1) is 0 Å².